The number of ether oxygens (including phenoxy) is 1. The first-order valence-corrected chi connectivity index (χ1v) is 11.1. The summed E-state index contributed by atoms with van der Waals surface area (Å²) in [6.45, 7) is 8.03. The van der Waals surface area contributed by atoms with E-state index in [-0.39, 0.29) is 19.4 Å². The molecule has 33 heavy (non-hydrogen) atoms. The Morgan fingerprint density at radius 2 is 1.97 bits per heavy atom. The second-order valence-electron chi connectivity index (χ2n) is 7.99. The molecule has 1 fully saturated rings. The molecule has 174 valence electrons. The van der Waals surface area contributed by atoms with Crippen LogP contribution < -0.4 is 0 Å². The Morgan fingerprint density at radius 3 is 2.67 bits per heavy atom. The molecule has 0 N–H and O–H groups in total. The van der Waals surface area contributed by atoms with Crippen molar-refractivity contribution in [2.45, 2.75) is 45.8 Å². The maximum absolute atomic E-state index is 14.4. The van der Waals surface area contributed by atoms with Gasteiger partial charge in [-0.25, -0.2) is 9.18 Å². The van der Waals surface area contributed by atoms with E-state index in [1.54, 1.807) is 12.1 Å². The molecule has 0 bridgehead atoms. The average Bonchev–Trinajstić information content (AvgIpc) is 2.82. The number of benzene rings is 2. The molecule has 3 rings (SSSR count). The molecule has 0 unspecified atom stereocenters. The van der Waals surface area contributed by atoms with Crippen molar-refractivity contribution in [2.24, 2.45) is 0 Å². The zero-order valence-electron chi connectivity index (χ0n) is 18.9. The average molecular weight is 454 g/mol. The third-order valence-corrected chi connectivity index (χ3v) is 5.52. The molecule has 1 heterocycles. The molecule has 0 aliphatic carbocycles. The van der Waals surface area contributed by atoms with Crippen LogP contribution in [0.25, 0.3) is 0 Å². The Hall–Kier alpha value is -3.41. The van der Waals surface area contributed by atoms with Crippen molar-refractivity contribution in [3.05, 3.63) is 107 Å². The van der Waals surface area contributed by atoms with E-state index in [9.17, 15) is 13.7 Å². The first kappa shape index (κ1) is 24.2. The quantitative estimate of drug-likeness (QED) is 0.415. The van der Waals surface area contributed by atoms with Crippen LogP contribution >= 0.6 is 0 Å². The predicted octanol–water partition coefficient (Wildman–Crippen LogP) is 6.34. The summed E-state index contributed by atoms with van der Waals surface area (Å²) < 4.78 is 32.4. The van der Waals surface area contributed by atoms with Gasteiger partial charge in [-0.1, -0.05) is 55.1 Å². The fraction of sp³-hybridized carbons (Fsp3) is 0.296. The first-order valence-electron chi connectivity index (χ1n) is 11.1. The van der Waals surface area contributed by atoms with E-state index in [1.165, 1.54) is 11.6 Å². The molecule has 4 nitrogen and oxygen atoms in total. The number of aryl methyl sites for hydroxylation is 1. The van der Waals surface area contributed by atoms with E-state index in [2.05, 4.69) is 28.6 Å². The van der Waals surface area contributed by atoms with E-state index < -0.39 is 11.8 Å². The number of allylic oxidation sites excluding steroid dienone is 3. The summed E-state index contributed by atoms with van der Waals surface area (Å²) in [5, 5.41) is 0. The van der Waals surface area contributed by atoms with Gasteiger partial charge in [0.2, 0.25) is 0 Å². The van der Waals surface area contributed by atoms with Gasteiger partial charge < -0.3 is 9.64 Å². The van der Waals surface area contributed by atoms with Crippen molar-refractivity contribution in [2.75, 3.05) is 6.54 Å². The van der Waals surface area contributed by atoms with Crippen molar-refractivity contribution in [1.29, 1.82) is 0 Å². The van der Waals surface area contributed by atoms with Gasteiger partial charge in [0.05, 0.1) is 12.1 Å². The van der Waals surface area contributed by atoms with Crippen molar-refractivity contribution in [3.8, 4) is 0 Å². The normalized spacial score (nSPS) is 15.6. The van der Waals surface area contributed by atoms with Crippen LogP contribution in [0, 0.1) is 5.82 Å². The molecular formula is C27H29F2NO3. The lowest BCUT2D eigenvalue weighted by Crippen LogP contribution is -2.30. The Kier molecular flexibility index (Phi) is 8.81. The second kappa shape index (κ2) is 12.0. The van der Waals surface area contributed by atoms with Gasteiger partial charge in [-0.3, -0.25) is 4.94 Å². The van der Waals surface area contributed by atoms with E-state index in [0.717, 1.165) is 37.2 Å². The number of rotatable bonds is 9. The Bertz CT molecular complexity index is 1030. The highest BCUT2D eigenvalue weighted by Crippen LogP contribution is 2.31. The Balaban J connectivity index is 1.77. The number of carbonyl (C=O) groups is 1. The zero-order valence-corrected chi connectivity index (χ0v) is 18.9. The van der Waals surface area contributed by atoms with E-state index >= 15 is 0 Å². The third-order valence-electron chi connectivity index (χ3n) is 5.52. The first-order chi connectivity index (χ1) is 16.0. The summed E-state index contributed by atoms with van der Waals surface area (Å²) >= 11 is 0. The molecule has 1 aliphatic rings. The van der Waals surface area contributed by atoms with E-state index in [1.807, 2.05) is 37.3 Å². The van der Waals surface area contributed by atoms with Crippen LogP contribution in [-0.4, -0.2) is 17.4 Å². The highest BCUT2D eigenvalue weighted by atomic mass is 19.3. The largest absolute Gasteiger partial charge is 0.487 e. The van der Waals surface area contributed by atoms with Crippen LogP contribution in [0.4, 0.5) is 8.92 Å². The highest BCUT2D eigenvalue weighted by Gasteiger charge is 2.22. The van der Waals surface area contributed by atoms with Crippen LogP contribution in [0.3, 0.4) is 0 Å². The standard InChI is InChI=1S/C27H29F2NO3/c1-3-8-25(27-20(2)9-7-16-30(27)18-21-10-5-4-6-11-21)32-19-22-12-13-23(24(28)17-22)14-15-26(31)33-29/h3-6,8,10-13,17H,2,7,9,14-16,18-19H2,1H3/b8-3-,27-25-. The lowest BCUT2D eigenvalue weighted by atomic mass is 9.99. The molecule has 0 spiro atoms. The van der Waals surface area contributed by atoms with Crippen molar-refractivity contribution >= 4 is 5.97 Å². The van der Waals surface area contributed by atoms with E-state index in [4.69, 9.17) is 4.74 Å². The van der Waals surface area contributed by atoms with Crippen molar-refractivity contribution in [3.63, 3.8) is 0 Å². The summed E-state index contributed by atoms with van der Waals surface area (Å²) in [4.78, 5) is 16.4. The molecule has 0 atom stereocenters. The van der Waals surface area contributed by atoms with Gasteiger partial charge >= 0.3 is 5.97 Å². The minimum absolute atomic E-state index is 0.0673. The smallest absolute Gasteiger partial charge is 0.349 e. The van der Waals surface area contributed by atoms with Crippen LogP contribution in [-0.2, 0) is 34.0 Å². The third kappa shape index (κ3) is 6.78. The number of hydrogen-bond donors (Lipinski definition) is 0. The number of carbonyl (C=O) groups excluding carboxylic acids is 1. The van der Waals surface area contributed by atoms with Crippen LogP contribution in [0.15, 0.2) is 84.3 Å². The summed E-state index contributed by atoms with van der Waals surface area (Å²) in [6.07, 6.45) is 5.60. The van der Waals surface area contributed by atoms with Crippen LogP contribution in [0.5, 0.6) is 0 Å². The zero-order chi connectivity index (χ0) is 23.6. The summed E-state index contributed by atoms with van der Waals surface area (Å²) in [7, 11) is 0. The maximum atomic E-state index is 14.4. The molecule has 2 aromatic rings. The van der Waals surface area contributed by atoms with Crippen LogP contribution in [0.1, 0.15) is 42.9 Å². The van der Waals surface area contributed by atoms with Gasteiger partial charge in [-0.15, -0.1) is 0 Å². The minimum Gasteiger partial charge on any atom is -0.487 e. The molecule has 0 aromatic heterocycles. The summed E-state index contributed by atoms with van der Waals surface area (Å²) in [6, 6.07) is 15.0. The van der Waals surface area contributed by atoms with Gasteiger partial charge in [-0.2, -0.15) is 0 Å². The Labute approximate surface area is 193 Å². The fourth-order valence-electron chi connectivity index (χ4n) is 3.90. The van der Waals surface area contributed by atoms with Gasteiger partial charge in [0.15, 0.2) is 0 Å². The van der Waals surface area contributed by atoms with Gasteiger partial charge in [-0.05, 0) is 60.6 Å². The number of piperidine rings is 1. The van der Waals surface area contributed by atoms with Gasteiger partial charge in [0.1, 0.15) is 18.2 Å². The SMILES string of the molecule is C=C1CCCN(Cc2ccccc2)/C1=C(/C=C\C)OCc1ccc(CCC(=O)OF)c(F)c1. The molecule has 1 saturated heterocycles. The molecule has 6 heteroatoms. The summed E-state index contributed by atoms with van der Waals surface area (Å²) in [5.41, 5.74) is 4.18. The Morgan fingerprint density at radius 1 is 1.18 bits per heavy atom. The molecular weight excluding hydrogens is 424 g/mol. The topological polar surface area (TPSA) is 38.8 Å². The number of nitrogens with zero attached hydrogens (tertiary/aromatic N) is 1. The lowest BCUT2D eigenvalue weighted by Gasteiger charge is -2.34. The van der Waals surface area contributed by atoms with Crippen molar-refractivity contribution in [1.82, 2.24) is 4.90 Å². The summed E-state index contributed by atoms with van der Waals surface area (Å²) in [5.74, 6) is -0.777. The fourth-order valence-corrected chi connectivity index (χ4v) is 3.90. The number of likely N-dealkylation sites (tertiary alicyclic amines) is 1. The van der Waals surface area contributed by atoms with E-state index in [0.29, 0.717) is 16.9 Å². The van der Waals surface area contributed by atoms with Gasteiger partial charge in [0.25, 0.3) is 0 Å². The van der Waals surface area contributed by atoms with Crippen LogP contribution in [0.2, 0.25) is 0 Å². The monoisotopic (exact) mass is 453 g/mol. The lowest BCUT2D eigenvalue weighted by molar-refractivity contribution is -0.183. The maximum Gasteiger partial charge on any atom is 0.349 e. The molecule has 0 amide bonds. The molecule has 1 aliphatic heterocycles. The number of hydrogen-bond acceptors (Lipinski definition) is 4. The minimum atomic E-state index is -1.02. The predicted molar refractivity (Wildman–Crippen MR) is 124 cm³/mol. The number of halogens is 2. The highest BCUT2D eigenvalue weighted by molar-refractivity contribution is 5.68. The van der Waals surface area contributed by atoms with Crippen molar-refractivity contribution < 1.29 is 23.4 Å². The van der Waals surface area contributed by atoms with Gasteiger partial charge in [0, 0.05) is 17.6 Å². The molecule has 2 aromatic carbocycles. The second-order valence-corrected chi connectivity index (χ2v) is 7.99. The molecule has 0 radical (unpaired) electrons. The molecule has 0 saturated carbocycles.